The monoisotopic (exact) mass is 246 g/mol. The number of aromatic nitrogens is 1. The maximum absolute atomic E-state index is 4.74. The van der Waals surface area contributed by atoms with E-state index in [0.29, 0.717) is 6.04 Å². The lowest BCUT2D eigenvalue weighted by molar-refractivity contribution is 0.423. The lowest BCUT2D eigenvalue weighted by Gasteiger charge is -2.17. The van der Waals surface area contributed by atoms with Crippen molar-refractivity contribution in [3.8, 4) is 0 Å². The molecule has 3 heteroatoms. The van der Waals surface area contributed by atoms with Crippen LogP contribution in [0.5, 0.6) is 0 Å². The van der Waals surface area contributed by atoms with Crippen LogP contribution in [0.15, 0.2) is 24.3 Å². The van der Waals surface area contributed by atoms with Crippen molar-refractivity contribution in [3.05, 3.63) is 29.3 Å². The maximum atomic E-state index is 4.74. The molecule has 1 aliphatic rings. The summed E-state index contributed by atoms with van der Waals surface area (Å²) in [6.45, 7) is 0. The van der Waals surface area contributed by atoms with Gasteiger partial charge in [0.25, 0.3) is 0 Å². The highest BCUT2D eigenvalue weighted by Crippen LogP contribution is 2.31. The first-order valence-electron chi connectivity index (χ1n) is 6.38. The molecule has 0 amide bonds. The number of fused-ring (bicyclic) bond motifs is 1. The molecule has 1 N–H and O–H groups in total. The Balaban J connectivity index is 1.80. The molecule has 0 bridgehead atoms. The number of rotatable bonds is 3. The molecule has 17 heavy (non-hydrogen) atoms. The Morgan fingerprint density at radius 1 is 1.35 bits per heavy atom. The summed E-state index contributed by atoms with van der Waals surface area (Å²) in [6.07, 6.45) is 5.18. The van der Waals surface area contributed by atoms with Gasteiger partial charge in [0.1, 0.15) is 0 Å². The fourth-order valence-electron chi connectivity index (χ4n) is 2.89. The van der Waals surface area contributed by atoms with Crippen molar-refractivity contribution in [2.75, 3.05) is 7.05 Å². The third-order valence-corrected chi connectivity index (χ3v) is 4.86. The predicted molar refractivity (Wildman–Crippen MR) is 73.5 cm³/mol. The minimum atomic E-state index is 0.696. The topological polar surface area (TPSA) is 24.9 Å². The molecule has 2 atom stereocenters. The second-order valence-corrected chi connectivity index (χ2v) is 5.98. The van der Waals surface area contributed by atoms with Crippen LogP contribution in [0.25, 0.3) is 10.2 Å². The van der Waals surface area contributed by atoms with E-state index >= 15 is 0 Å². The first kappa shape index (κ1) is 11.2. The quantitative estimate of drug-likeness (QED) is 0.899. The Bertz CT molecular complexity index is 473. The van der Waals surface area contributed by atoms with Gasteiger partial charge in [-0.3, -0.25) is 0 Å². The second-order valence-electron chi connectivity index (χ2n) is 4.87. The molecule has 2 unspecified atom stereocenters. The second kappa shape index (κ2) is 4.75. The van der Waals surface area contributed by atoms with E-state index in [-0.39, 0.29) is 0 Å². The standard InChI is InChI=1S/C14H18N2S/c1-15-11-7-4-5-10(11)9-14-16-12-6-2-3-8-13(12)17-14/h2-3,6,8,10-11,15H,4-5,7,9H2,1H3. The minimum Gasteiger partial charge on any atom is -0.317 e. The van der Waals surface area contributed by atoms with Crippen molar-refractivity contribution < 1.29 is 0 Å². The Hall–Kier alpha value is -0.930. The predicted octanol–water partition coefficient (Wildman–Crippen LogP) is 3.23. The van der Waals surface area contributed by atoms with E-state index in [9.17, 15) is 0 Å². The van der Waals surface area contributed by atoms with Crippen LogP contribution < -0.4 is 5.32 Å². The molecule has 1 aromatic carbocycles. The summed E-state index contributed by atoms with van der Waals surface area (Å²) in [4.78, 5) is 4.74. The molecule has 3 rings (SSSR count). The lowest BCUT2D eigenvalue weighted by Crippen LogP contribution is -2.29. The normalized spacial score (nSPS) is 24.5. The van der Waals surface area contributed by atoms with Gasteiger partial charge in [0.2, 0.25) is 0 Å². The van der Waals surface area contributed by atoms with Crippen molar-refractivity contribution in [2.45, 2.75) is 31.7 Å². The van der Waals surface area contributed by atoms with Gasteiger partial charge in [-0.05, 0) is 37.9 Å². The van der Waals surface area contributed by atoms with Gasteiger partial charge in [0.05, 0.1) is 15.2 Å². The average molecular weight is 246 g/mol. The maximum Gasteiger partial charge on any atom is 0.0941 e. The van der Waals surface area contributed by atoms with Gasteiger partial charge in [-0.15, -0.1) is 11.3 Å². The van der Waals surface area contributed by atoms with Crippen molar-refractivity contribution >= 4 is 21.6 Å². The van der Waals surface area contributed by atoms with Crippen LogP contribution in [0.1, 0.15) is 24.3 Å². The van der Waals surface area contributed by atoms with Crippen LogP contribution in [0.3, 0.4) is 0 Å². The third-order valence-electron chi connectivity index (χ3n) is 3.80. The van der Waals surface area contributed by atoms with Crippen molar-refractivity contribution in [1.29, 1.82) is 0 Å². The number of thiazole rings is 1. The lowest BCUT2D eigenvalue weighted by atomic mass is 10.0. The van der Waals surface area contributed by atoms with Crippen LogP contribution in [-0.2, 0) is 6.42 Å². The summed E-state index contributed by atoms with van der Waals surface area (Å²) in [5.41, 5.74) is 1.16. The van der Waals surface area contributed by atoms with Gasteiger partial charge in [-0.2, -0.15) is 0 Å². The molecule has 1 fully saturated rings. The number of hydrogen-bond acceptors (Lipinski definition) is 3. The molecule has 0 saturated heterocycles. The first-order chi connectivity index (χ1) is 8.36. The molecule has 1 aromatic heterocycles. The van der Waals surface area contributed by atoms with Gasteiger partial charge in [0, 0.05) is 12.5 Å². The zero-order valence-corrected chi connectivity index (χ0v) is 11.0. The summed E-state index contributed by atoms with van der Waals surface area (Å²) in [7, 11) is 2.08. The Kier molecular flexibility index (Phi) is 3.12. The summed E-state index contributed by atoms with van der Waals surface area (Å²) in [5.74, 6) is 0.778. The minimum absolute atomic E-state index is 0.696. The molecule has 1 heterocycles. The van der Waals surface area contributed by atoms with Crippen LogP contribution in [0, 0.1) is 5.92 Å². The van der Waals surface area contributed by atoms with E-state index in [1.807, 2.05) is 11.3 Å². The van der Waals surface area contributed by atoms with Crippen molar-refractivity contribution in [1.82, 2.24) is 10.3 Å². The number of nitrogens with zero attached hydrogens (tertiary/aromatic N) is 1. The molecular weight excluding hydrogens is 228 g/mol. The van der Waals surface area contributed by atoms with Crippen molar-refractivity contribution in [2.24, 2.45) is 5.92 Å². The van der Waals surface area contributed by atoms with Crippen LogP contribution in [0.4, 0.5) is 0 Å². The third kappa shape index (κ3) is 2.22. The van der Waals surface area contributed by atoms with Gasteiger partial charge < -0.3 is 5.32 Å². The molecule has 90 valence electrons. The largest absolute Gasteiger partial charge is 0.317 e. The highest BCUT2D eigenvalue weighted by Gasteiger charge is 2.26. The summed E-state index contributed by atoms with van der Waals surface area (Å²) in [6, 6.07) is 9.14. The zero-order valence-electron chi connectivity index (χ0n) is 10.1. The van der Waals surface area contributed by atoms with Crippen LogP contribution in [-0.4, -0.2) is 18.1 Å². The van der Waals surface area contributed by atoms with Gasteiger partial charge >= 0.3 is 0 Å². The number of hydrogen-bond donors (Lipinski definition) is 1. The molecular formula is C14H18N2S. The van der Waals surface area contributed by atoms with E-state index in [1.54, 1.807) is 0 Å². The molecule has 1 aliphatic carbocycles. The summed E-state index contributed by atoms with van der Waals surface area (Å²) in [5, 5.41) is 4.75. The van der Waals surface area contributed by atoms with Gasteiger partial charge in [0.15, 0.2) is 0 Å². The molecule has 2 nitrogen and oxygen atoms in total. The highest BCUT2D eigenvalue weighted by atomic mass is 32.1. The van der Waals surface area contributed by atoms with Crippen LogP contribution in [0.2, 0.25) is 0 Å². The van der Waals surface area contributed by atoms with E-state index < -0.39 is 0 Å². The van der Waals surface area contributed by atoms with Gasteiger partial charge in [-0.25, -0.2) is 4.98 Å². The van der Waals surface area contributed by atoms with Gasteiger partial charge in [-0.1, -0.05) is 18.6 Å². The molecule has 0 spiro atoms. The fraction of sp³-hybridized carbons (Fsp3) is 0.500. The molecule has 1 saturated carbocycles. The number of benzene rings is 1. The first-order valence-corrected chi connectivity index (χ1v) is 7.20. The van der Waals surface area contributed by atoms with Crippen LogP contribution >= 0.6 is 11.3 Å². The van der Waals surface area contributed by atoms with E-state index in [0.717, 1.165) is 17.9 Å². The fourth-order valence-corrected chi connectivity index (χ4v) is 3.95. The summed E-state index contributed by atoms with van der Waals surface area (Å²) >= 11 is 1.86. The van der Waals surface area contributed by atoms with Crippen molar-refractivity contribution in [3.63, 3.8) is 0 Å². The van der Waals surface area contributed by atoms with E-state index in [2.05, 4.69) is 36.6 Å². The summed E-state index contributed by atoms with van der Waals surface area (Å²) < 4.78 is 1.32. The Labute approximate surface area is 106 Å². The molecule has 0 aliphatic heterocycles. The average Bonchev–Trinajstić information content (AvgIpc) is 2.94. The molecule has 2 aromatic rings. The molecule has 0 radical (unpaired) electrons. The van der Waals surface area contributed by atoms with E-state index in [4.69, 9.17) is 4.98 Å². The zero-order chi connectivity index (χ0) is 11.7. The smallest absolute Gasteiger partial charge is 0.0941 e. The number of nitrogens with one attached hydrogen (secondary N) is 1. The highest BCUT2D eigenvalue weighted by molar-refractivity contribution is 7.18. The Morgan fingerprint density at radius 2 is 2.24 bits per heavy atom. The Morgan fingerprint density at radius 3 is 3.06 bits per heavy atom. The van der Waals surface area contributed by atoms with E-state index in [1.165, 1.54) is 29.0 Å². The number of para-hydroxylation sites is 1. The SMILES string of the molecule is CNC1CCCC1Cc1nc2ccccc2s1.